The van der Waals surface area contributed by atoms with Gasteiger partial charge in [0.15, 0.2) is 0 Å². The van der Waals surface area contributed by atoms with E-state index in [1.807, 2.05) is 0 Å². The summed E-state index contributed by atoms with van der Waals surface area (Å²) < 4.78 is 0. The Kier molecular flexibility index (Phi) is 7.36. The van der Waals surface area contributed by atoms with Crippen LogP contribution in [0, 0.1) is 10.8 Å². The zero-order valence-corrected chi connectivity index (χ0v) is 5.25. The van der Waals surface area contributed by atoms with Gasteiger partial charge in [-0.15, -0.1) is 0 Å². The van der Waals surface area contributed by atoms with Crippen LogP contribution in [0.25, 0.3) is 0 Å². The van der Waals surface area contributed by atoms with E-state index in [9.17, 15) is 4.79 Å². The lowest BCUT2D eigenvalue weighted by Crippen LogP contribution is -2.17. The van der Waals surface area contributed by atoms with Crippen molar-refractivity contribution < 1.29 is 4.79 Å². The minimum absolute atomic E-state index is 0.0926. The van der Waals surface area contributed by atoms with Crippen LogP contribution in [0.15, 0.2) is 0 Å². The number of rotatable bonds is 0. The minimum atomic E-state index is 0.0926. The molecule has 0 bridgehead atoms. The highest BCUT2D eigenvalue weighted by Gasteiger charge is 1.87. The standard InChI is InChI=1S/C4H9NO.N2/c1-4(6)5(2)3;1-2/h1-3H3;. The van der Waals surface area contributed by atoms with Crippen LogP contribution in [0.4, 0.5) is 0 Å². The number of nitrogens with zero attached hydrogens (tertiary/aromatic N) is 3. The Balaban J connectivity index is 0. The number of hydrogen-bond acceptors (Lipinski definition) is 3. The SMILES string of the molecule is CC(=O)N(C)C.N#N. The van der Waals surface area contributed by atoms with Crippen molar-refractivity contribution in [3.05, 3.63) is 0 Å². The molecule has 0 unspecified atom stereocenters. The predicted molar refractivity (Wildman–Crippen MR) is 27.8 cm³/mol. The zero-order valence-electron chi connectivity index (χ0n) is 5.25. The van der Waals surface area contributed by atoms with Gasteiger partial charge in [-0.3, -0.25) is 4.79 Å². The molecule has 0 aromatic rings. The van der Waals surface area contributed by atoms with Gasteiger partial charge in [-0.2, -0.15) is 0 Å². The molecule has 0 spiro atoms. The first-order valence-corrected chi connectivity index (χ1v) is 2.02. The maximum Gasteiger partial charge on any atom is 0.218 e. The molecule has 0 fully saturated rings. The quantitative estimate of drug-likeness (QED) is 0.421. The lowest BCUT2D eigenvalue weighted by atomic mass is 10.7. The van der Waals surface area contributed by atoms with Crippen LogP contribution in [0.3, 0.4) is 0 Å². The van der Waals surface area contributed by atoms with Gasteiger partial charge in [0.05, 0.1) is 0 Å². The molecular formula is C4H9N3O. The third-order valence-corrected chi connectivity index (χ3v) is 0.630. The third-order valence-electron chi connectivity index (χ3n) is 0.630. The van der Waals surface area contributed by atoms with E-state index in [4.69, 9.17) is 10.8 Å². The van der Waals surface area contributed by atoms with Gasteiger partial charge >= 0.3 is 0 Å². The molecule has 4 nitrogen and oxygen atoms in total. The van der Waals surface area contributed by atoms with Gasteiger partial charge in [0.2, 0.25) is 5.91 Å². The second-order valence-electron chi connectivity index (χ2n) is 1.41. The topological polar surface area (TPSA) is 67.9 Å². The van der Waals surface area contributed by atoms with E-state index in [0.717, 1.165) is 0 Å². The van der Waals surface area contributed by atoms with E-state index in [1.165, 1.54) is 11.8 Å². The summed E-state index contributed by atoms with van der Waals surface area (Å²) in [6.07, 6.45) is 0. The van der Waals surface area contributed by atoms with Crippen LogP contribution >= 0.6 is 0 Å². The molecule has 0 saturated heterocycles. The normalized spacial score (nSPS) is 6.12. The Morgan fingerprint density at radius 3 is 1.50 bits per heavy atom. The summed E-state index contributed by atoms with van der Waals surface area (Å²) in [5.41, 5.74) is 0. The van der Waals surface area contributed by atoms with E-state index in [-0.39, 0.29) is 5.91 Å². The van der Waals surface area contributed by atoms with Crippen LogP contribution in [0.1, 0.15) is 6.92 Å². The molecule has 4 heteroatoms. The molecule has 0 aromatic carbocycles. The fourth-order valence-electron chi connectivity index (χ4n) is 0. The zero-order chi connectivity index (χ0) is 7.15. The Hall–Kier alpha value is -1.11. The van der Waals surface area contributed by atoms with Crippen LogP contribution in [0.2, 0.25) is 0 Å². The van der Waals surface area contributed by atoms with Gasteiger partial charge in [-0.05, 0) is 0 Å². The second kappa shape index (κ2) is 5.89. The Morgan fingerprint density at radius 2 is 1.50 bits per heavy atom. The highest BCUT2D eigenvalue weighted by Crippen LogP contribution is 1.69. The lowest BCUT2D eigenvalue weighted by Gasteiger charge is -2.02. The molecule has 0 aliphatic heterocycles. The molecule has 0 N–H and O–H groups in total. The van der Waals surface area contributed by atoms with Gasteiger partial charge in [0.25, 0.3) is 0 Å². The highest BCUT2D eigenvalue weighted by atomic mass is 16.2. The molecule has 0 radical (unpaired) electrons. The first-order chi connectivity index (χ1) is 3.64. The molecule has 0 heterocycles. The molecule has 0 rings (SSSR count). The second-order valence-corrected chi connectivity index (χ2v) is 1.41. The van der Waals surface area contributed by atoms with Gasteiger partial charge in [0, 0.05) is 31.8 Å². The third kappa shape index (κ3) is 8.86. The van der Waals surface area contributed by atoms with Crippen LogP contribution < -0.4 is 0 Å². The number of hydrogen-bond donors (Lipinski definition) is 0. The van der Waals surface area contributed by atoms with Crippen molar-refractivity contribution in [2.24, 2.45) is 0 Å². The van der Waals surface area contributed by atoms with Crippen molar-refractivity contribution in [2.45, 2.75) is 6.92 Å². The molecule has 8 heavy (non-hydrogen) atoms. The van der Waals surface area contributed by atoms with Crippen LogP contribution in [-0.2, 0) is 4.79 Å². The molecular weight excluding hydrogens is 106 g/mol. The van der Waals surface area contributed by atoms with E-state index in [0.29, 0.717) is 0 Å². The fourth-order valence-corrected chi connectivity index (χ4v) is 0. The summed E-state index contributed by atoms with van der Waals surface area (Å²) in [7, 11) is 3.45. The van der Waals surface area contributed by atoms with E-state index < -0.39 is 0 Å². The average Bonchev–Trinajstić information content (AvgIpc) is 1.72. The smallest absolute Gasteiger partial charge is 0.218 e. The Morgan fingerprint density at radius 1 is 1.38 bits per heavy atom. The van der Waals surface area contributed by atoms with Crippen molar-refractivity contribution in [3.8, 4) is 0 Å². The molecule has 0 atom stereocenters. The van der Waals surface area contributed by atoms with Gasteiger partial charge in [-0.1, -0.05) is 0 Å². The molecule has 46 valence electrons. The summed E-state index contributed by atoms with van der Waals surface area (Å²) in [6, 6.07) is 0. The van der Waals surface area contributed by atoms with Crippen molar-refractivity contribution >= 4 is 5.91 Å². The molecule has 0 aliphatic rings. The Labute approximate surface area is 48.5 Å². The summed E-state index contributed by atoms with van der Waals surface area (Å²) in [5, 5.41) is 12.0. The highest BCUT2D eigenvalue weighted by molar-refractivity contribution is 5.72. The van der Waals surface area contributed by atoms with Gasteiger partial charge in [0.1, 0.15) is 0 Å². The summed E-state index contributed by atoms with van der Waals surface area (Å²) in [5.74, 6) is 0.0926. The van der Waals surface area contributed by atoms with Crippen LogP contribution in [0.5, 0.6) is 0 Å². The summed E-state index contributed by atoms with van der Waals surface area (Å²) in [6.45, 7) is 1.53. The predicted octanol–water partition coefficient (Wildman–Crippen LogP) is 0.125. The minimum Gasteiger partial charge on any atom is -0.349 e. The van der Waals surface area contributed by atoms with Crippen LogP contribution in [-0.4, -0.2) is 24.9 Å². The van der Waals surface area contributed by atoms with E-state index in [1.54, 1.807) is 14.1 Å². The largest absolute Gasteiger partial charge is 0.349 e. The molecule has 0 aromatic heterocycles. The maximum absolute atomic E-state index is 10.1. The average molecular weight is 115 g/mol. The van der Waals surface area contributed by atoms with Crippen molar-refractivity contribution in [3.63, 3.8) is 0 Å². The van der Waals surface area contributed by atoms with Crippen molar-refractivity contribution in [1.29, 1.82) is 10.8 Å². The monoisotopic (exact) mass is 115 g/mol. The molecule has 0 saturated carbocycles. The molecule has 0 aliphatic carbocycles. The van der Waals surface area contributed by atoms with Gasteiger partial charge < -0.3 is 4.90 Å². The fraction of sp³-hybridized carbons (Fsp3) is 0.750. The number of amides is 1. The van der Waals surface area contributed by atoms with Crippen molar-refractivity contribution in [2.75, 3.05) is 14.1 Å². The number of carbonyl (C=O) groups excluding carboxylic acids is 1. The maximum atomic E-state index is 10.1. The lowest BCUT2D eigenvalue weighted by molar-refractivity contribution is -0.126. The number of carbonyl (C=O) groups is 1. The summed E-state index contributed by atoms with van der Waals surface area (Å²) in [4.78, 5) is 11.6. The summed E-state index contributed by atoms with van der Waals surface area (Å²) >= 11 is 0. The van der Waals surface area contributed by atoms with E-state index in [2.05, 4.69) is 0 Å². The first kappa shape index (κ1) is 10.00. The first-order valence-electron chi connectivity index (χ1n) is 2.02. The Bertz CT molecular complexity index is 86.5. The van der Waals surface area contributed by atoms with E-state index >= 15 is 0 Å². The van der Waals surface area contributed by atoms with Crippen molar-refractivity contribution in [1.82, 2.24) is 4.90 Å². The van der Waals surface area contributed by atoms with Gasteiger partial charge in [-0.25, -0.2) is 0 Å². The molecule has 1 amide bonds.